The lowest BCUT2D eigenvalue weighted by molar-refractivity contribution is -0.387. The first-order chi connectivity index (χ1) is 13.4. The maximum atomic E-state index is 13.9. The standard InChI is InChI=1S/C17H11F3N4O3S/c18-11-6-5-10(7-12(11)19)9-27-17-21-8-13(20)16(22-17)23-28-15-4-2-1-3-14(15)24(25)26/h1-8H,9H2,(H,21,22,23). The highest BCUT2D eigenvalue weighted by atomic mass is 32.2. The predicted octanol–water partition coefficient (Wildman–Crippen LogP) is 4.50. The van der Waals surface area contributed by atoms with E-state index in [9.17, 15) is 23.3 Å². The molecule has 0 aliphatic carbocycles. The number of aromatic nitrogens is 2. The van der Waals surface area contributed by atoms with Gasteiger partial charge in [0, 0.05) is 6.07 Å². The first-order valence-electron chi connectivity index (χ1n) is 7.69. The summed E-state index contributed by atoms with van der Waals surface area (Å²) in [5, 5.41) is 11.0. The fourth-order valence-electron chi connectivity index (χ4n) is 2.07. The molecule has 0 bridgehead atoms. The summed E-state index contributed by atoms with van der Waals surface area (Å²) in [6, 6.07) is 8.95. The largest absolute Gasteiger partial charge is 0.459 e. The highest BCUT2D eigenvalue weighted by molar-refractivity contribution is 8.00. The van der Waals surface area contributed by atoms with E-state index in [-0.39, 0.29) is 29.0 Å². The maximum absolute atomic E-state index is 13.9. The van der Waals surface area contributed by atoms with Crippen molar-refractivity contribution in [1.82, 2.24) is 9.97 Å². The van der Waals surface area contributed by atoms with Gasteiger partial charge in [0.25, 0.3) is 5.69 Å². The second kappa shape index (κ2) is 8.57. The lowest BCUT2D eigenvalue weighted by atomic mass is 10.2. The summed E-state index contributed by atoms with van der Waals surface area (Å²) in [5.41, 5.74) is 0.180. The molecule has 1 heterocycles. The van der Waals surface area contributed by atoms with Gasteiger partial charge in [0.2, 0.25) is 0 Å². The number of nitrogens with zero attached hydrogens (tertiary/aromatic N) is 3. The third kappa shape index (κ3) is 4.68. The van der Waals surface area contributed by atoms with Gasteiger partial charge >= 0.3 is 6.01 Å². The van der Waals surface area contributed by atoms with Crippen LogP contribution in [0.1, 0.15) is 5.56 Å². The molecule has 2 aromatic carbocycles. The number of nitro groups is 1. The average molecular weight is 408 g/mol. The van der Waals surface area contributed by atoms with Gasteiger partial charge in [-0.2, -0.15) is 4.98 Å². The van der Waals surface area contributed by atoms with Crippen LogP contribution in [0.25, 0.3) is 0 Å². The predicted molar refractivity (Wildman–Crippen MR) is 95.3 cm³/mol. The molecule has 0 fully saturated rings. The first kappa shape index (κ1) is 19.4. The molecule has 0 saturated carbocycles. The zero-order chi connectivity index (χ0) is 20.1. The van der Waals surface area contributed by atoms with E-state index < -0.39 is 22.4 Å². The second-order valence-corrected chi connectivity index (χ2v) is 6.16. The quantitative estimate of drug-likeness (QED) is 0.350. The SMILES string of the molecule is O=[N+]([O-])c1ccccc1SNc1nc(OCc2ccc(F)c(F)c2)ncc1F. The minimum Gasteiger partial charge on any atom is -0.459 e. The second-order valence-electron chi connectivity index (χ2n) is 5.32. The number of ether oxygens (including phenoxy) is 1. The zero-order valence-corrected chi connectivity index (χ0v) is 14.8. The van der Waals surface area contributed by atoms with Crippen LogP contribution >= 0.6 is 11.9 Å². The summed E-state index contributed by atoms with van der Waals surface area (Å²) >= 11 is 0.801. The fourth-order valence-corrected chi connectivity index (χ4v) is 2.81. The molecule has 0 unspecified atom stereocenters. The number of anilines is 1. The van der Waals surface area contributed by atoms with Crippen molar-refractivity contribution in [2.75, 3.05) is 4.72 Å². The van der Waals surface area contributed by atoms with Crippen LogP contribution in [-0.2, 0) is 6.61 Å². The molecule has 28 heavy (non-hydrogen) atoms. The van der Waals surface area contributed by atoms with Gasteiger partial charge in [-0.25, -0.2) is 18.2 Å². The molecule has 144 valence electrons. The Hall–Kier alpha value is -3.34. The van der Waals surface area contributed by atoms with Crippen molar-refractivity contribution in [3.05, 3.63) is 81.8 Å². The molecular formula is C17H11F3N4O3S. The zero-order valence-electron chi connectivity index (χ0n) is 13.9. The van der Waals surface area contributed by atoms with Crippen LogP contribution < -0.4 is 9.46 Å². The van der Waals surface area contributed by atoms with E-state index in [0.717, 1.165) is 30.3 Å². The molecule has 0 aliphatic rings. The number of rotatable bonds is 7. The number of halogens is 3. The van der Waals surface area contributed by atoms with Gasteiger partial charge in [-0.3, -0.25) is 10.1 Å². The lowest BCUT2D eigenvalue weighted by Crippen LogP contribution is -2.04. The third-order valence-electron chi connectivity index (χ3n) is 3.39. The van der Waals surface area contributed by atoms with Gasteiger partial charge < -0.3 is 9.46 Å². The number of para-hydroxylation sites is 1. The van der Waals surface area contributed by atoms with Crippen molar-refractivity contribution in [3.8, 4) is 6.01 Å². The van der Waals surface area contributed by atoms with E-state index >= 15 is 0 Å². The molecule has 1 N–H and O–H groups in total. The molecule has 0 radical (unpaired) electrons. The Morgan fingerprint density at radius 2 is 1.89 bits per heavy atom. The van der Waals surface area contributed by atoms with E-state index in [4.69, 9.17) is 4.74 Å². The number of hydrogen-bond acceptors (Lipinski definition) is 7. The molecule has 1 aromatic heterocycles. The topological polar surface area (TPSA) is 90.2 Å². The van der Waals surface area contributed by atoms with Crippen LogP contribution in [0.2, 0.25) is 0 Å². The molecule has 7 nitrogen and oxygen atoms in total. The normalized spacial score (nSPS) is 10.5. The summed E-state index contributed by atoms with van der Waals surface area (Å²) in [5.74, 6) is -3.06. The van der Waals surface area contributed by atoms with Crippen molar-refractivity contribution in [1.29, 1.82) is 0 Å². The minimum absolute atomic E-state index is 0.149. The Balaban J connectivity index is 1.69. The van der Waals surface area contributed by atoms with Crippen LogP contribution in [0.5, 0.6) is 6.01 Å². The molecule has 3 aromatic rings. The molecule has 0 spiro atoms. The first-order valence-corrected chi connectivity index (χ1v) is 8.51. The van der Waals surface area contributed by atoms with Crippen molar-refractivity contribution in [3.63, 3.8) is 0 Å². The summed E-state index contributed by atoms with van der Waals surface area (Å²) in [6.07, 6.45) is 0.857. The van der Waals surface area contributed by atoms with E-state index in [1.807, 2.05) is 0 Å². The maximum Gasteiger partial charge on any atom is 0.318 e. The number of hydrogen-bond donors (Lipinski definition) is 1. The smallest absolute Gasteiger partial charge is 0.318 e. The molecular weight excluding hydrogens is 397 g/mol. The summed E-state index contributed by atoms with van der Waals surface area (Å²) in [7, 11) is 0. The van der Waals surface area contributed by atoms with Crippen LogP contribution in [-0.4, -0.2) is 14.9 Å². The van der Waals surface area contributed by atoms with Crippen molar-refractivity contribution in [2.45, 2.75) is 11.5 Å². The van der Waals surface area contributed by atoms with Gasteiger partial charge in [0.1, 0.15) is 11.5 Å². The number of nitrogens with one attached hydrogen (secondary N) is 1. The van der Waals surface area contributed by atoms with Gasteiger partial charge in [-0.1, -0.05) is 18.2 Å². The van der Waals surface area contributed by atoms with Crippen molar-refractivity contribution >= 4 is 23.5 Å². The van der Waals surface area contributed by atoms with Crippen LogP contribution in [0.4, 0.5) is 24.7 Å². The Morgan fingerprint density at radius 3 is 2.64 bits per heavy atom. The minimum atomic E-state index is -1.02. The number of benzene rings is 2. The highest BCUT2D eigenvalue weighted by Crippen LogP contribution is 2.30. The van der Waals surface area contributed by atoms with Gasteiger partial charge in [0.05, 0.1) is 11.1 Å². The van der Waals surface area contributed by atoms with E-state index in [1.165, 1.54) is 24.3 Å². The van der Waals surface area contributed by atoms with Crippen LogP contribution in [0, 0.1) is 27.6 Å². The molecule has 3 rings (SSSR count). The van der Waals surface area contributed by atoms with Crippen molar-refractivity contribution < 1.29 is 22.8 Å². The van der Waals surface area contributed by atoms with Crippen LogP contribution in [0.3, 0.4) is 0 Å². The Bertz CT molecular complexity index is 1020. The van der Waals surface area contributed by atoms with Gasteiger partial charge in [0.15, 0.2) is 23.3 Å². The highest BCUT2D eigenvalue weighted by Gasteiger charge is 2.15. The third-order valence-corrected chi connectivity index (χ3v) is 4.25. The van der Waals surface area contributed by atoms with Crippen molar-refractivity contribution in [2.24, 2.45) is 0 Å². The summed E-state index contributed by atoms with van der Waals surface area (Å²) < 4.78 is 47.9. The van der Waals surface area contributed by atoms with E-state index in [0.29, 0.717) is 5.56 Å². The van der Waals surface area contributed by atoms with E-state index in [2.05, 4.69) is 14.7 Å². The van der Waals surface area contributed by atoms with E-state index in [1.54, 1.807) is 6.07 Å². The summed E-state index contributed by atoms with van der Waals surface area (Å²) in [6.45, 7) is -0.167. The molecule has 11 heteroatoms. The van der Waals surface area contributed by atoms with Gasteiger partial charge in [-0.15, -0.1) is 0 Å². The number of nitro benzene ring substituents is 1. The molecule has 0 atom stereocenters. The molecule has 0 saturated heterocycles. The summed E-state index contributed by atoms with van der Waals surface area (Å²) in [4.78, 5) is 18.2. The average Bonchev–Trinajstić information content (AvgIpc) is 2.69. The fraction of sp³-hybridized carbons (Fsp3) is 0.0588. The molecule has 0 amide bonds. The molecule has 0 aliphatic heterocycles. The monoisotopic (exact) mass is 408 g/mol. The Morgan fingerprint density at radius 1 is 1.11 bits per heavy atom. The lowest BCUT2D eigenvalue weighted by Gasteiger charge is -2.09. The van der Waals surface area contributed by atoms with Crippen LogP contribution in [0.15, 0.2) is 53.6 Å². The Kier molecular flexibility index (Phi) is 5.94. The Labute approximate surface area is 160 Å². The van der Waals surface area contributed by atoms with Gasteiger partial charge in [-0.05, 0) is 35.7 Å².